The van der Waals surface area contributed by atoms with Gasteiger partial charge in [0.05, 0.1) is 29.4 Å². The van der Waals surface area contributed by atoms with Gasteiger partial charge in [0, 0.05) is 11.6 Å². The highest BCUT2D eigenvalue weighted by Gasteiger charge is 2.36. The van der Waals surface area contributed by atoms with Crippen LogP contribution in [0.2, 0.25) is 0 Å². The van der Waals surface area contributed by atoms with E-state index in [1.807, 2.05) is 0 Å². The largest absolute Gasteiger partial charge is 0.466 e. The van der Waals surface area contributed by atoms with Crippen LogP contribution in [-0.2, 0) is 26.7 Å². The quantitative estimate of drug-likeness (QED) is 0.265. The Morgan fingerprint density at radius 2 is 1.86 bits per heavy atom. The Morgan fingerprint density at radius 1 is 1.18 bits per heavy atom. The topological polar surface area (TPSA) is 80.1 Å². The molecule has 0 radical (unpaired) electrons. The number of hydrogen-bond donors (Lipinski definition) is 1. The van der Waals surface area contributed by atoms with Gasteiger partial charge < -0.3 is 4.74 Å². The molecule has 0 bridgehead atoms. The SMILES string of the molecule is COC(=O)/C=C1/S/C(=N\N=Cc2cc(C(F)(F)F)ccc2C(F)(F)F)NC1=O. The van der Waals surface area contributed by atoms with Gasteiger partial charge in [0.25, 0.3) is 5.91 Å². The fourth-order valence-corrected chi connectivity index (χ4v) is 2.63. The van der Waals surface area contributed by atoms with E-state index in [1.165, 1.54) is 0 Å². The molecule has 1 aromatic carbocycles. The number of alkyl halides is 6. The molecule has 0 aromatic heterocycles. The fraction of sp³-hybridized carbons (Fsp3) is 0.200. The van der Waals surface area contributed by atoms with Gasteiger partial charge in [0.15, 0.2) is 5.17 Å². The zero-order valence-electron chi connectivity index (χ0n) is 13.7. The molecule has 1 saturated heterocycles. The Bertz CT molecular complexity index is 890. The lowest BCUT2D eigenvalue weighted by Crippen LogP contribution is -2.19. The number of benzene rings is 1. The molecule has 1 N–H and O–H groups in total. The summed E-state index contributed by atoms with van der Waals surface area (Å²) in [4.78, 5) is 22.6. The molecule has 0 atom stereocenters. The van der Waals surface area contributed by atoms with Crippen molar-refractivity contribution in [3.05, 3.63) is 45.9 Å². The normalized spacial score (nSPS) is 18.2. The summed E-state index contributed by atoms with van der Waals surface area (Å²) in [6.07, 6.45) is -8.41. The molecule has 150 valence electrons. The number of amidine groups is 1. The molecule has 6 nitrogen and oxygen atoms in total. The number of carbonyl (C=O) groups is 2. The van der Waals surface area contributed by atoms with Crippen molar-refractivity contribution in [2.45, 2.75) is 12.4 Å². The predicted octanol–water partition coefficient (Wildman–Crippen LogP) is 3.33. The van der Waals surface area contributed by atoms with E-state index in [0.29, 0.717) is 30.1 Å². The molecule has 1 fully saturated rings. The van der Waals surface area contributed by atoms with E-state index >= 15 is 0 Å². The second kappa shape index (κ2) is 8.04. The van der Waals surface area contributed by atoms with Crippen LogP contribution in [-0.4, -0.2) is 30.4 Å². The van der Waals surface area contributed by atoms with Crippen LogP contribution < -0.4 is 5.32 Å². The third-order valence-corrected chi connectivity index (χ3v) is 4.03. The lowest BCUT2D eigenvalue weighted by atomic mass is 10.0. The van der Waals surface area contributed by atoms with Gasteiger partial charge in [-0.1, -0.05) is 0 Å². The number of hydrogen-bond acceptors (Lipinski definition) is 6. The Morgan fingerprint density at radius 3 is 2.43 bits per heavy atom. The molecule has 1 aliphatic heterocycles. The lowest BCUT2D eigenvalue weighted by Gasteiger charge is -2.13. The lowest BCUT2D eigenvalue weighted by molar-refractivity contribution is -0.141. The van der Waals surface area contributed by atoms with E-state index in [9.17, 15) is 35.9 Å². The van der Waals surface area contributed by atoms with Crippen LogP contribution in [0.15, 0.2) is 39.4 Å². The third kappa shape index (κ3) is 5.34. The van der Waals surface area contributed by atoms with E-state index in [-0.39, 0.29) is 16.1 Å². The van der Waals surface area contributed by atoms with Gasteiger partial charge in [-0.2, -0.15) is 31.4 Å². The van der Waals surface area contributed by atoms with Gasteiger partial charge in [-0.05, 0) is 30.0 Å². The monoisotopic (exact) mass is 425 g/mol. The number of methoxy groups -OCH3 is 1. The molecule has 1 amide bonds. The molecular formula is C15H9F6N3O3S. The molecule has 28 heavy (non-hydrogen) atoms. The van der Waals surface area contributed by atoms with E-state index < -0.39 is 40.9 Å². The van der Waals surface area contributed by atoms with E-state index in [2.05, 4.69) is 20.3 Å². The van der Waals surface area contributed by atoms with Crippen LogP contribution in [0.3, 0.4) is 0 Å². The minimum Gasteiger partial charge on any atom is -0.466 e. The van der Waals surface area contributed by atoms with Gasteiger partial charge in [-0.3, -0.25) is 10.1 Å². The molecule has 0 saturated carbocycles. The molecule has 1 heterocycles. The number of halogens is 6. The van der Waals surface area contributed by atoms with Crippen LogP contribution in [0.1, 0.15) is 16.7 Å². The minimum atomic E-state index is -4.91. The first kappa shape index (κ1) is 21.5. The molecule has 0 unspecified atom stereocenters. The molecule has 0 aliphatic carbocycles. The number of thioether (sulfide) groups is 1. The van der Waals surface area contributed by atoms with Gasteiger partial charge in [0.2, 0.25) is 0 Å². The van der Waals surface area contributed by atoms with Gasteiger partial charge in [-0.25, -0.2) is 4.79 Å². The summed E-state index contributed by atoms with van der Waals surface area (Å²) in [5.41, 5.74) is -3.48. The molecule has 13 heteroatoms. The Balaban J connectivity index is 2.31. The zero-order valence-corrected chi connectivity index (χ0v) is 14.5. The first-order chi connectivity index (χ1) is 12.9. The Labute approximate surface area is 157 Å². The molecular weight excluding hydrogens is 416 g/mol. The predicted molar refractivity (Wildman–Crippen MR) is 87.3 cm³/mol. The van der Waals surface area contributed by atoms with Crippen molar-refractivity contribution in [1.29, 1.82) is 0 Å². The summed E-state index contributed by atoms with van der Waals surface area (Å²) >= 11 is 0.648. The van der Waals surface area contributed by atoms with Crippen LogP contribution in [0, 0.1) is 0 Å². The molecule has 2 rings (SSSR count). The summed E-state index contributed by atoms with van der Waals surface area (Å²) in [7, 11) is 1.09. The maximum Gasteiger partial charge on any atom is 0.417 e. The number of nitrogens with zero attached hydrogens (tertiary/aromatic N) is 2. The average molecular weight is 425 g/mol. The zero-order chi connectivity index (χ0) is 21.1. The summed E-state index contributed by atoms with van der Waals surface area (Å²) in [5, 5.41) is 8.75. The van der Waals surface area contributed by atoms with Crippen molar-refractivity contribution in [1.82, 2.24) is 5.32 Å². The average Bonchev–Trinajstić information content (AvgIpc) is 2.92. The van der Waals surface area contributed by atoms with Crippen molar-refractivity contribution in [3.8, 4) is 0 Å². The second-order valence-corrected chi connectivity index (χ2v) is 6.07. The number of carbonyl (C=O) groups excluding carboxylic acids is 2. The molecule has 0 spiro atoms. The van der Waals surface area contributed by atoms with Crippen LogP contribution in [0.5, 0.6) is 0 Å². The second-order valence-electron chi connectivity index (χ2n) is 5.04. The highest BCUT2D eigenvalue weighted by Crippen LogP contribution is 2.36. The standard InChI is InChI=1S/C15H9F6N3O3S/c1-27-11(25)5-10-12(26)23-13(28-10)24-22-6-7-4-8(14(16,17)18)2-3-9(7)15(19,20)21/h2-6H,1H3,(H,23,24,26)/b10-5+,22-6?. The Hall–Kier alpha value is -2.83. The van der Waals surface area contributed by atoms with E-state index in [0.717, 1.165) is 13.2 Å². The fourth-order valence-electron chi connectivity index (χ4n) is 1.89. The van der Waals surface area contributed by atoms with E-state index in [1.54, 1.807) is 0 Å². The van der Waals surface area contributed by atoms with Crippen molar-refractivity contribution in [2.24, 2.45) is 10.2 Å². The smallest absolute Gasteiger partial charge is 0.417 e. The van der Waals surface area contributed by atoms with Crippen LogP contribution >= 0.6 is 11.8 Å². The van der Waals surface area contributed by atoms with Gasteiger partial charge in [0.1, 0.15) is 0 Å². The van der Waals surface area contributed by atoms with Crippen molar-refractivity contribution >= 4 is 35.0 Å². The number of nitrogens with one attached hydrogen (secondary N) is 1. The third-order valence-electron chi connectivity index (χ3n) is 3.13. The maximum absolute atomic E-state index is 13.0. The van der Waals surface area contributed by atoms with Gasteiger partial charge in [-0.15, -0.1) is 5.10 Å². The number of ether oxygens (including phenoxy) is 1. The highest BCUT2D eigenvalue weighted by molar-refractivity contribution is 8.18. The summed E-state index contributed by atoms with van der Waals surface area (Å²) in [6, 6.07) is 0.888. The van der Waals surface area contributed by atoms with Crippen LogP contribution in [0.25, 0.3) is 0 Å². The Kier molecular flexibility index (Phi) is 6.17. The first-order valence-corrected chi connectivity index (χ1v) is 7.92. The first-order valence-electron chi connectivity index (χ1n) is 7.10. The summed E-state index contributed by atoms with van der Waals surface area (Å²) in [6.45, 7) is 0. The molecule has 1 aromatic rings. The number of esters is 1. The van der Waals surface area contributed by atoms with Crippen LogP contribution in [0.4, 0.5) is 26.3 Å². The summed E-state index contributed by atoms with van der Waals surface area (Å²) < 4.78 is 81.5. The minimum absolute atomic E-state index is 0.101. The number of rotatable bonds is 3. The maximum atomic E-state index is 13.0. The number of amides is 1. The molecule has 1 aliphatic rings. The van der Waals surface area contributed by atoms with E-state index in [4.69, 9.17) is 0 Å². The van der Waals surface area contributed by atoms with Crippen molar-refractivity contribution in [3.63, 3.8) is 0 Å². The van der Waals surface area contributed by atoms with Crippen molar-refractivity contribution in [2.75, 3.05) is 7.11 Å². The summed E-state index contributed by atoms with van der Waals surface area (Å²) in [5.74, 6) is -1.54. The van der Waals surface area contributed by atoms with Gasteiger partial charge >= 0.3 is 18.3 Å². The highest BCUT2D eigenvalue weighted by atomic mass is 32.2. The van der Waals surface area contributed by atoms with Crippen molar-refractivity contribution < 1.29 is 40.7 Å².